The first-order chi connectivity index (χ1) is 16.8. The SMILES string of the molecule is Cc1nc2c(OCc3c(Cl)ccc(N(C)C(=O)CNC(=O)Nc4cccs4)c3Cl)cccn2c1Br.Cl. The summed E-state index contributed by atoms with van der Waals surface area (Å²) in [6.07, 6.45) is 1.88. The number of aromatic nitrogens is 2. The van der Waals surface area contributed by atoms with E-state index in [0.29, 0.717) is 32.7 Å². The minimum absolute atomic E-state index is 0. The summed E-state index contributed by atoms with van der Waals surface area (Å²) < 4.78 is 8.73. The second kappa shape index (κ2) is 12.2. The minimum Gasteiger partial charge on any atom is -0.485 e. The molecule has 2 N–H and O–H groups in total. The largest absolute Gasteiger partial charge is 0.485 e. The highest BCUT2D eigenvalue weighted by atomic mass is 79.9. The van der Waals surface area contributed by atoms with Gasteiger partial charge >= 0.3 is 6.03 Å². The van der Waals surface area contributed by atoms with Gasteiger partial charge < -0.3 is 15.0 Å². The molecule has 190 valence electrons. The Morgan fingerprint density at radius 1 is 1.22 bits per heavy atom. The predicted molar refractivity (Wildman–Crippen MR) is 150 cm³/mol. The molecule has 0 unspecified atom stereocenters. The van der Waals surface area contributed by atoms with Gasteiger partial charge in [-0.05, 0) is 64.6 Å². The third-order valence-corrected chi connectivity index (χ3v) is 7.66. The predicted octanol–water partition coefficient (Wildman–Crippen LogP) is 6.56. The molecule has 0 saturated heterocycles. The highest BCUT2D eigenvalue weighted by Crippen LogP contribution is 2.35. The zero-order valence-corrected chi connectivity index (χ0v) is 23.8. The van der Waals surface area contributed by atoms with E-state index in [9.17, 15) is 9.59 Å². The number of pyridine rings is 1. The van der Waals surface area contributed by atoms with Crippen LogP contribution in [0.4, 0.5) is 15.5 Å². The number of rotatable bonds is 7. The van der Waals surface area contributed by atoms with Gasteiger partial charge in [-0.1, -0.05) is 23.2 Å². The normalized spacial score (nSPS) is 10.6. The number of ether oxygens (including phenoxy) is 1. The van der Waals surface area contributed by atoms with Crippen LogP contribution in [0.1, 0.15) is 11.3 Å². The molecular weight excluding hydrogens is 613 g/mol. The number of likely N-dealkylation sites (N-methyl/N-ethyl adjacent to an activating group) is 1. The van der Waals surface area contributed by atoms with Gasteiger partial charge in [-0.2, -0.15) is 0 Å². The van der Waals surface area contributed by atoms with Crippen LogP contribution in [0, 0.1) is 6.92 Å². The average molecular weight is 634 g/mol. The average Bonchev–Trinajstić information content (AvgIpc) is 3.45. The van der Waals surface area contributed by atoms with Gasteiger partial charge in [0.1, 0.15) is 11.2 Å². The number of anilines is 2. The van der Waals surface area contributed by atoms with Crippen molar-refractivity contribution in [1.82, 2.24) is 14.7 Å². The highest BCUT2D eigenvalue weighted by Gasteiger charge is 2.20. The Bertz CT molecular complexity index is 1400. The van der Waals surface area contributed by atoms with Crippen molar-refractivity contribution in [3.05, 3.63) is 73.9 Å². The topological polar surface area (TPSA) is 88.0 Å². The molecule has 3 amide bonds. The lowest BCUT2D eigenvalue weighted by Crippen LogP contribution is -2.40. The van der Waals surface area contributed by atoms with Crippen LogP contribution in [0.3, 0.4) is 0 Å². The molecule has 0 atom stereocenters. The first-order valence-electron chi connectivity index (χ1n) is 10.3. The lowest BCUT2D eigenvalue weighted by Gasteiger charge is -2.21. The molecule has 36 heavy (non-hydrogen) atoms. The molecule has 3 aromatic heterocycles. The number of hydrogen-bond acceptors (Lipinski definition) is 5. The van der Waals surface area contributed by atoms with E-state index < -0.39 is 6.03 Å². The minimum atomic E-state index is -0.472. The smallest absolute Gasteiger partial charge is 0.320 e. The zero-order valence-electron chi connectivity index (χ0n) is 19.0. The lowest BCUT2D eigenvalue weighted by molar-refractivity contribution is -0.117. The van der Waals surface area contributed by atoms with Crippen LogP contribution in [0.25, 0.3) is 5.65 Å². The van der Waals surface area contributed by atoms with Crippen LogP contribution < -0.4 is 20.3 Å². The summed E-state index contributed by atoms with van der Waals surface area (Å²) in [5.41, 5.74) is 2.45. The lowest BCUT2D eigenvalue weighted by atomic mass is 10.2. The molecule has 0 aliphatic heterocycles. The van der Waals surface area contributed by atoms with Gasteiger partial charge in [0.2, 0.25) is 5.91 Å². The fourth-order valence-corrected chi connectivity index (χ4v) is 4.87. The fraction of sp³-hybridized carbons (Fsp3) is 0.174. The van der Waals surface area contributed by atoms with E-state index in [4.69, 9.17) is 27.9 Å². The Kier molecular flexibility index (Phi) is 9.48. The molecule has 4 rings (SSSR count). The maximum Gasteiger partial charge on any atom is 0.320 e. The Hall–Kier alpha value is -2.50. The molecule has 0 saturated carbocycles. The van der Waals surface area contributed by atoms with Crippen molar-refractivity contribution < 1.29 is 14.3 Å². The van der Waals surface area contributed by atoms with E-state index in [1.807, 2.05) is 41.1 Å². The molecule has 13 heteroatoms. The number of hydrogen-bond donors (Lipinski definition) is 2. The number of carbonyl (C=O) groups excluding carboxylic acids is 2. The van der Waals surface area contributed by atoms with Crippen molar-refractivity contribution >= 4 is 91.1 Å². The fourth-order valence-electron chi connectivity index (χ4n) is 3.28. The number of fused-ring (bicyclic) bond motifs is 1. The van der Waals surface area contributed by atoms with Gasteiger partial charge in [-0.15, -0.1) is 23.7 Å². The van der Waals surface area contributed by atoms with E-state index in [-0.39, 0.29) is 36.5 Å². The van der Waals surface area contributed by atoms with Crippen molar-refractivity contribution in [2.24, 2.45) is 0 Å². The molecule has 0 aliphatic carbocycles. The number of amides is 3. The summed E-state index contributed by atoms with van der Waals surface area (Å²) in [5, 5.41) is 8.42. The van der Waals surface area contributed by atoms with Crippen LogP contribution in [0.5, 0.6) is 5.75 Å². The second-order valence-electron chi connectivity index (χ2n) is 7.44. The summed E-state index contributed by atoms with van der Waals surface area (Å²) in [4.78, 5) is 30.6. The number of carbonyl (C=O) groups is 2. The quantitative estimate of drug-likeness (QED) is 0.241. The van der Waals surface area contributed by atoms with Crippen LogP contribution in [-0.4, -0.2) is 34.9 Å². The number of benzene rings is 1. The second-order valence-corrected chi connectivity index (χ2v) is 9.92. The summed E-state index contributed by atoms with van der Waals surface area (Å²) in [6, 6.07) is 10.1. The van der Waals surface area contributed by atoms with Crippen molar-refractivity contribution in [2.45, 2.75) is 13.5 Å². The molecule has 0 bridgehead atoms. The number of aryl methyl sites for hydroxylation is 1. The molecule has 0 fully saturated rings. The van der Waals surface area contributed by atoms with E-state index in [2.05, 4.69) is 31.5 Å². The van der Waals surface area contributed by atoms with Crippen molar-refractivity contribution in [3.8, 4) is 5.75 Å². The van der Waals surface area contributed by atoms with E-state index >= 15 is 0 Å². The van der Waals surface area contributed by atoms with E-state index in [0.717, 1.165) is 10.3 Å². The zero-order chi connectivity index (χ0) is 25.1. The molecule has 0 radical (unpaired) electrons. The van der Waals surface area contributed by atoms with Crippen LogP contribution in [0.15, 0.2) is 52.6 Å². The standard InChI is InChI=1S/C23H20BrCl2N5O3S.ClH/c1-13-21(24)31-9-3-5-17(22(31)28-13)34-12-14-15(25)7-8-16(20(14)26)30(2)19(32)11-27-23(33)29-18-6-4-10-35-18;/h3-10H,11-12H2,1-2H3,(H2,27,29,33);1H. The summed E-state index contributed by atoms with van der Waals surface area (Å²) >= 11 is 17.9. The molecular formula is C23H21BrCl3N5O3S. The summed E-state index contributed by atoms with van der Waals surface area (Å²) in [7, 11) is 1.58. The van der Waals surface area contributed by atoms with Crippen LogP contribution in [-0.2, 0) is 11.4 Å². The van der Waals surface area contributed by atoms with Crippen molar-refractivity contribution in [1.29, 1.82) is 0 Å². The number of nitrogens with zero attached hydrogens (tertiary/aromatic N) is 3. The molecule has 0 aliphatic rings. The molecule has 1 aromatic carbocycles. The number of urea groups is 1. The van der Waals surface area contributed by atoms with Gasteiger partial charge in [0.05, 0.1) is 27.9 Å². The van der Waals surface area contributed by atoms with Crippen LogP contribution >= 0.6 is 62.9 Å². The van der Waals surface area contributed by atoms with Crippen LogP contribution in [0.2, 0.25) is 10.0 Å². The Morgan fingerprint density at radius 2 is 2.00 bits per heavy atom. The third kappa shape index (κ3) is 6.07. The summed E-state index contributed by atoms with van der Waals surface area (Å²) in [5.74, 6) is 0.203. The maximum atomic E-state index is 12.7. The first-order valence-corrected chi connectivity index (χ1v) is 12.8. The Morgan fingerprint density at radius 3 is 2.72 bits per heavy atom. The highest BCUT2D eigenvalue weighted by molar-refractivity contribution is 9.10. The van der Waals surface area contributed by atoms with Crippen molar-refractivity contribution in [2.75, 3.05) is 23.8 Å². The molecule has 0 spiro atoms. The molecule has 4 aromatic rings. The van der Waals surface area contributed by atoms with Gasteiger partial charge in [0, 0.05) is 23.8 Å². The van der Waals surface area contributed by atoms with Crippen molar-refractivity contribution in [3.63, 3.8) is 0 Å². The maximum absolute atomic E-state index is 12.7. The number of halogens is 4. The number of imidazole rings is 1. The van der Waals surface area contributed by atoms with Gasteiger partial charge in [0.25, 0.3) is 0 Å². The monoisotopic (exact) mass is 631 g/mol. The molecule has 3 heterocycles. The Balaban J connectivity index is 0.00000361. The van der Waals surface area contributed by atoms with Gasteiger partial charge in [0.15, 0.2) is 11.4 Å². The number of thiophene rings is 1. The van der Waals surface area contributed by atoms with E-state index in [1.165, 1.54) is 16.2 Å². The number of nitrogens with one attached hydrogen (secondary N) is 2. The molecule has 8 nitrogen and oxygen atoms in total. The van der Waals surface area contributed by atoms with E-state index in [1.54, 1.807) is 25.2 Å². The third-order valence-electron chi connectivity index (χ3n) is 5.15. The Labute approximate surface area is 236 Å². The first kappa shape index (κ1) is 28.1. The van der Waals surface area contributed by atoms with Gasteiger partial charge in [-0.3, -0.25) is 14.5 Å². The van der Waals surface area contributed by atoms with Gasteiger partial charge in [-0.25, -0.2) is 9.78 Å². The summed E-state index contributed by atoms with van der Waals surface area (Å²) in [6.45, 7) is 1.75.